The molecule has 112 valence electrons. The van der Waals surface area contributed by atoms with Gasteiger partial charge in [0.1, 0.15) is 12.0 Å². The maximum absolute atomic E-state index is 13.0. The standard InChI is InChI=1S/C12H8F2N6O2/c13-12(14)21-9-2-1-6(3-10(9)22-12)7-4-8(18-5-17-7)11(15)19-20-16/h1-5H,(H3,15,16,19). The van der Waals surface area contributed by atoms with Crippen LogP contribution in [0.3, 0.4) is 0 Å². The van der Waals surface area contributed by atoms with Crippen molar-refractivity contribution in [3.63, 3.8) is 0 Å². The number of hydrogen-bond donors (Lipinski definition) is 2. The minimum Gasteiger partial charge on any atom is -0.395 e. The third-order valence-electron chi connectivity index (χ3n) is 2.78. The number of benzene rings is 1. The number of halogens is 2. The first-order chi connectivity index (χ1) is 10.5. The van der Waals surface area contributed by atoms with Gasteiger partial charge >= 0.3 is 6.29 Å². The lowest BCUT2D eigenvalue weighted by Crippen LogP contribution is -2.25. The Morgan fingerprint density at radius 2 is 1.95 bits per heavy atom. The molecule has 0 saturated carbocycles. The minimum absolute atomic E-state index is 0.0582. The van der Waals surface area contributed by atoms with E-state index in [-0.39, 0.29) is 23.0 Å². The van der Waals surface area contributed by atoms with Crippen molar-refractivity contribution in [3.8, 4) is 22.8 Å². The van der Waals surface area contributed by atoms with Crippen molar-refractivity contribution < 1.29 is 18.3 Å². The van der Waals surface area contributed by atoms with Crippen LogP contribution in [-0.4, -0.2) is 22.1 Å². The van der Waals surface area contributed by atoms with Crippen LogP contribution in [0, 0.1) is 5.53 Å². The quantitative estimate of drug-likeness (QED) is 0.389. The molecule has 0 aliphatic carbocycles. The summed E-state index contributed by atoms with van der Waals surface area (Å²) in [6, 6.07) is 5.74. The van der Waals surface area contributed by atoms with Gasteiger partial charge in [-0.3, -0.25) is 0 Å². The van der Waals surface area contributed by atoms with Crippen LogP contribution in [0.4, 0.5) is 8.78 Å². The predicted octanol–water partition coefficient (Wildman–Crippen LogP) is 2.12. The summed E-state index contributed by atoms with van der Waals surface area (Å²) in [6.07, 6.45) is -2.44. The van der Waals surface area contributed by atoms with Crippen molar-refractivity contribution in [1.82, 2.24) is 9.97 Å². The summed E-state index contributed by atoms with van der Waals surface area (Å²) >= 11 is 0. The molecule has 1 aromatic carbocycles. The molecular weight excluding hydrogens is 298 g/mol. The molecule has 0 fully saturated rings. The molecule has 0 radical (unpaired) electrons. The summed E-state index contributed by atoms with van der Waals surface area (Å²) in [4.78, 5) is 7.92. The largest absolute Gasteiger partial charge is 0.586 e. The van der Waals surface area contributed by atoms with Crippen LogP contribution in [0.15, 0.2) is 40.9 Å². The highest BCUT2D eigenvalue weighted by Crippen LogP contribution is 2.42. The third kappa shape index (κ3) is 2.53. The first-order valence-corrected chi connectivity index (χ1v) is 5.91. The van der Waals surface area contributed by atoms with E-state index in [1.807, 2.05) is 0 Å². The number of hydrogen-bond acceptors (Lipinski definition) is 6. The molecular formula is C12H8F2N6O2. The van der Waals surface area contributed by atoms with E-state index in [9.17, 15) is 8.78 Å². The Bertz CT molecular complexity index is 780. The first kappa shape index (κ1) is 13.8. The maximum Gasteiger partial charge on any atom is 0.586 e. The SMILES string of the molecule is N=N/N=C(\N)c1cc(-c2ccc3c(c2)OC(F)(F)O3)ncn1. The number of ether oxygens (including phenoxy) is 2. The van der Waals surface area contributed by atoms with Crippen molar-refractivity contribution >= 4 is 5.84 Å². The third-order valence-corrected chi connectivity index (χ3v) is 2.78. The minimum atomic E-state index is -3.68. The van der Waals surface area contributed by atoms with Crippen LogP contribution < -0.4 is 15.2 Å². The van der Waals surface area contributed by atoms with Crippen LogP contribution in [0.5, 0.6) is 11.5 Å². The Balaban J connectivity index is 1.98. The van der Waals surface area contributed by atoms with Gasteiger partial charge in [-0.1, -0.05) is 5.22 Å². The lowest BCUT2D eigenvalue weighted by molar-refractivity contribution is -0.286. The second kappa shape index (κ2) is 4.98. The highest BCUT2D eigenvalue weighted by atomic mass is 19.3. The number of aromatic nitrogens is 2. The predicted molar refractivity (Wildman–Crippen MR) is 69.5 cm³/mol. The fraction of sp³-hybridized carbons (Fsp3) is 0.0833. The van der Waals surface area contributed by atoms with E-state index in [0.29, 0.717) is 11.3 Å². The van der Waals surface area contributed by atoms with E-state index in [1.54, 1.807) is 0 Å². The topological polar surface area (TPSA) is 119 Å². The zero-order valence-corrected chi connectivity index (χ0v) is 10.8. The molecule has 2 heterocycles. The van der Waals surface area contributed by atoms with Crippen LogP contribution in [-0.2, 0) is 0 Å². The zero-order valence-electron chi connectivity index (χ0n) is 10.8. The molecule has 3 N–H and O–H groups in total. The number of fused-ring (bicyclic) bond motifs is 1. The van der Waals surface area contributed by atoms with E-state index in [4.69, 9.17) is 11.3 Å². The van der Waals surface area contributed by atoms with E-state index >= 15 is 0 Å². The average molecular weight is 306 g/mol. The highest BCUT2D eigenvalue weighted by Gasteiger charge is 2.43. The molecule has 0 bridgehead atoms. The molecule has 1 aliphatic heterocycles. The lowest BCUT2D eigenvalue weighted by atomic mass is 10.1. The van der Waals surface area contributed by atoms with Gasteiger partial charge in [0.15, 0.2) is 17.3 Å². The Morgan fingerprint density at radius 1 is 1.18 bits per heavy atom. The van der Waals surface area contributed by atoms with E-state index in [0.717, 1.165) is 0 Å². The van der Waals surface area contributed by atoms with Gasteiger partial charge in [-0.15, -0.1) is 13.9 Å². The molecule has 0 atom stereocenters. The molecule has 0 unspecified atom stereocenters. The van der Waals surface area contributed by atoms with Crippen molar-refractivity contribution in [1.29, 1.82) is 5.53 Å². The van der Waals surface area contributed by atoms with Crippen molar-refractivity contribution in [2.75, 3.05) is 0 Å². The molecule has 0 amide bonds. The fourth-order valence-electron chi connectivity index (χ4n) is 1.87. The van der Waals surface area contributed by atoms with E-state index < -0.39 is 6.29 Å². The lowest BCUT2D eigenvalue weighted by Gasteiger charge is -2.04. The summed E-state index contributed by atoms with van der Waals surface area (Å²) in [6.45, 7) is 0. The van der Waals surface area contributed by atoms with Crippen LogP contribution >= 0.6 is 0 Å². The monoisotopic (exact) mass is 306 g/mol. The second-order valence-corrected chi connectivity index (χ2v) is 4.20. The fourth-order valence-corrected chi connectivity index (χ4v) is 1.87. The Morgan fingerprint density at radius 3 is 2.73 bits per heavy atom. The second-order valence-electron chi connectivity index (χ2n) is 4.20. The number of rotatable bonds is 3. The van der Waals surface area contributed by atoms with Crippen molar-refractivity contribution in [2.24, 2.45) is 16.1 Å². The van der Waals surface area contributed by atoms with Crippen LogP contribution in [0.2, 0.25) is 0 Å². The van der Waals surface area contributed by atoms with Crippen molar-refractivity contribution in [2.45, 2.75) is 6.29 Å². The summed E-state index contributed by atoms with van der Waals surface area (Å²) in [5, 5.41) is 6.17. The molecule has 3 rings (SSSR count). The van der Waals surface area contributed by atoms with Gasteiger partial charge in [0.25, 0.3) is 0 Å². The molecule has 10 heteroatoms. The Labute approximate surface area is 122 Å². The smallest absolute Gasteiger partial charge is 0.395 e. The number of alkyl halides is 2. The summed E-state index contributed by atoms with van der Waals surface area (Å²) in [5.41, 5.74) is 13.4. The maximum atomic E-state index is 13.0. The molecule has 2 aromatic rings. The molecule has 1 aromatic heterocycles. The van der Waals surface area contributed by atoms with Crippen LogP contribution in [0.25, 0.3) is 11.3 Å². The van der Waals surface area contributed by atoms with Gasteiger partial charge in [0, 0.05) is 5.56 Å². The average Bonchev–Trinajstić information content (AvgIpc) is 2.80. The Hall–Kier alpha value is -3.17. The van der Waals surface area contributed by atoms with Gasteiger partial charge in [-0.25, -0.2) is 9.97 Å². The number of nitrogens with one attached hydrogen (secondary N) is 1. The highest BCUT2D eigenvalue weighted by molar-refractivity contribution is 5.96. The molecule has 0 spiro atoms. The number of amidine groups is 1. The molecule has 0 saturated heterocycles. The first-order valence-electron chi connectivity index (χ1n) is 5.91. The Kier molecular flexibility index (Phi) is 3.13. The van der Waals surface area contributed by atoms with Gasteiger partial charge in [-0.05, 0) is 24.3 Å². The summed E-state index contributed by atoms with van der Waals surface area (Å²) in [7, 11) is 0. The molecule has 8 nitrogen and oxygen atoms in total. The summed E-state index contributed by atoms with van der Waals surface area (Å²) in [5.74, 6) is -0.214. The van der Waals surface area contributed by atoms with Crippen LogP contribution in [0.1, 0.15) is 5.69 Å². The van der Waals surface area contributed by atoms with Gasteiger partial charge in [0.2, 0.25) is 0 Å². The van der Waals surface area contributed by atoms with E-state index in [1.165, 1.54) is 30.6 Å². The van der Waals surface area contributed by atoms with Crippen molar-refractivity contribution in [3.05, 3.63) is 36.3 Å². The summed E-state index contributed by atoms with van der Waals surface area (Å²) < 4.78 is 34.7. The number of nitrogens with zero attached hydrogens (tertiary/aromatic N) is 4. The normalized spacial score (nSPS) is 15.6. The van der Waals surface area contributed by atoms with E-state index in [2.05, 4.69) is 29.8 Å². The van der Waals surface area contributed by atoms with Gasteiger partial charge in [-0.2, -0.15) is 5.53 Å². The van der Waals surface area contributed by atoms with Gasteiger partial charge in [0.05, 0.1) is 5.69 Å². The number of nitrogens with two attached hydrogens (primary N) is 1. The molecule has 22 heavy (non-hydrogen) atoms. The molecule has 1 aliphatic rings. The van der Waals surface area contributed by atoms with Gasteiger partial charge < -0.3 is 15.2 Å². The zero-order chi connectivity index (χ0) is 15.7.